The van der Waals surface area contributed by atoms with Gasteiger partial charge < -0.3 is 10.3 Å². The van der Waals surface area contributed by atoms with E-state index in [1.54, 1.807) is 12.4 Å². The van der Waals surface area contributed by atoms with Crippen LogP contribution < -0.4 is 5.73 Å². The Labute approximate surface area is 111 Å². The molecule has 0 unspecified atom stereocenters. The van der Waals surface area contributed by atoms with Crippen LogP contribution in [0.2, 0.25) is 0 Å². The van der Waals surface area contributed by atoms with Gasteiger partial charge in [0.05, 0.1) is 11.7 Å². The molecule has 96 valence electrons. The number of anilines is 1. The Morgan fingerprint density at radius 2 is 2.00 bits per heavy atom. The van der Waals surface area contributed by atoms with E-state index in [1.807, 2.05) is 31.3 Å². The lowest BCUT2D eigenvalue weighted by Gasteiger charge is -2.05. The number of hydrogen-bond donors (Lipinski definition) is 1. The van der Waals surface area contributed by atoms with Crippen molar-refractivity contribution < 1.29 is 0 Å². The van der Waals surface area contributed by atoms with Gasteiger partial charge in [-0.25, -0.2) is 4.98 Å². The SMILES string of the molecule is Cn1c(CCc2ccccc2N)nc2cnccc21. The van der Waals surface area contributed by atoms with E-state index in [2.05, 4.69) is 20.6 Å². The minimum Gasteiger partial charge on any atom is -0.399 e. The van der Waals surface area contributed by atoms with Crippen LogP contribution in [-0.2, 0) is 19.9 Å². The summed E-state index contributed by atoms with van der Waals surface area (Å²) in [6, 6.07) is 9.97. The number of aromatic nitrogens is 3. The van der Waals surface area contributed by atoms with Gasteiger partial charge in [0.25, 0.3) is 0 Å². The number of nitrogen functional groups attached to an aromatic ring is 1. The summed E-state index contributed by atoms with van der Waals surface area (Å²) in [4.78, 5) is 8.72. The summed E-state index contributed by atoms with van der Waals surface area (Å²) >= 11 is 0. The molecular weight excluding hydrogens is 236 g/mol. The molecule has 3 aromatic rings. The van der Waals surface area contributed by atoms with Crippen molar-refractivity contribution in [2.45, 2.75) is 12.8 Å². The highest BCUT2D eigenvalue weighted by Crippen LogP contribution is 2.17. The fourth-order valence-corrected chi connectivity index (χ4v) is 2.33. The van der Waals surface area contributed by atoms with Gasteiger partial charge in [-0.1, -0.05) is 18.2 Å². The van der Waals surface area contributed by atoms with E-state index in [0.29, 0.717) is 0 Å². The normalized spacial score (nSPS) is 11.0. The van der Waals surface area contributed by atoms with Gasteiger partial charge in [0.1, 0.15) is 11.3 Å². The van der Waals surface area contributed by atoms with Crippen molar-refractivity contribution in [2.24, 2.45) is 7.05 Å². The fourth-order valence-electron chi connectivity index (χ4n) is 2.33. The third-order valence-electron chi connectivity index (χ3n) is 3.45. The van der Waals surface area contributed by atoms with Crippen molar-refractivity contribution in [1.82, 2.24) is 14.5 Å². The number of rotatable bonds is 3. The van der Waals surface area contributed by atoms with E-state index in [-0.39, 0.29) is 0 Å². The predicted molar refractivity (Wildman–Crippen MR) is 76.8 cm³/mol. The first kappa shape index (κ1) is 11.7. The van der Waals surface area contributed by atoms with Gasteiger partial charge >= 0.3 is 0 Å². The maximum absolute atomic E-state index is 5.96. The molecular formula is C15H16N4. The molecule has 0 radical (unpaired) electrons. The quantitative estimate of drug-likeness (QED) is 0.728. The summed E-state index contributed by atoms with van der Waals surface area (Å²) in [5.41, 5.74) is 10.0. The molecule has 1 aromatic carbocycles. The van der Waals surface area contributed by atoms with Gasteiger partial charge in [0.15, 0.2) is 0 Å². The van der Waals surface area contributed by atoms with Crippen molar-refractivity contribution >= 4 is 16.7 Å². The van der Waals surface area contributed by atoms with Gasteiger partial charge in [-0.05, 0) is 24.1 Å². The van der Waals surface area contributed by atoms with E-state index in [0.717, 1.165) is 35.4 Å². The second-order valence-corrected chi connectivity index (χ2v) is 4.65. The molecule has 0 spiro atoms. The molecule has 0 amide bonds. The molecule has 0 saturated carbocycles. The van der Waals surface area contributed by atoms with Crippen molar-refractivity contribution in [1.29, 1.82) is 0 Å². The van der Waals surface area contributed by atoms with E-state index in [1.165, 1.54) is 5.56 Å². The summed E-state index contributed by atoms with van der Waals surface area (Å²) in [7, 11) is 2.04. The van der Waals surface area contributed by atoms with E-state index in [9.17, 15) is 0 Å². The monoisotopic (exact) mass is 252 g/mol. The third kappa shape index (κ3) is 2.17. The highest BCUT2D eigenvalue weighted by molar-refractivity contribution is 5.74. The van der Waals surface area contributed by atoms with Crippen LogP contribution in [0.5, 0.6) is 0 Å². The molecule has 0 fully saturated rings. The molecule has 0 aliphatic rings. The lowest BCUT2D eigenvalue weighted by Crippen LogP contribution is -2.02. The minimum atomic E-state index is 0.850. The van der Waals surface area contributed by atoms with Gasteiger partial charge in [-0.2, -0.15) is 0 Å². The number of aryl methyl sites for hydroxylation is 3. The van der Waals surface area contributed by atoms with Crippen LogP contribution in [0.4, 0.5) is 5.69 Å². The minimum absolute atomic E-state index is 0.850. The van der Waals surface area contributed by atoms with Gasteiger partial charge in [0, 0.05) is 25.4 Å². The average molecular weight is 252 g/mol. The predicted octanol–water partition coefficient (Wildman–Crippen LogP) is 2.34. The molecule has 0 bridgehead atoms. The first-order chi connectivity index (χ1) is 9.25. The largest absolute Gasteiger partial charge is 0.399 e. The molecule has 2 heterocycles. The fraction of sp³-hybridized carbons (Fsp3) is 0.200. The zero-order chi connectivity index (χ0) is 13.2. The van der Waals surface area contributed by atoms with Crippen LogP contribution in [0.15, 0.2) is 42.7 Å². The molecule has 0 atom stereocenters. The van der Waals surface area contributed by atoms with Gasteiger partial charge in [-0.3, -0.25) is 4.98 Å². The van der Waals surface area contributed by atoms with Gasteiger partial charge in [-0.15, -0.1) is 0 Å². The van der Waals surface area contributed by atoms with Crippen molar-refractivity contribution in [2.75, 3.05) is 5.73 Å². The Morgan fingerprint density at radius 3 is 2.79 bits per heavy atom. The number of nitrogens with two attached hydrogens (primary N) is 1. The third-order valence-corrected chi connectivity index (χ3v) is 3.45. The summed E-state index contributed by atoms with van der Waals surface area (Å²) in [6.45, 7) is 0. The molecule has 0 aliphatic carbocycles. The molecule has 3 rings (SSSR count). The standard InChI is InChI=1S/C15H16N4/c1-19-14-8-9-17-10-13(14)18-15(19)7-6-11-4-2-3-5-12(11)16/h2-5,8-10H,6-7,16H2,1H3. The topological polar surface area (TPSA) is 56.7 Å². The van der Waals surface area contributed by atoms with Crippen LogP contribution in [0.3, 0.4) is 0 Å². The summed E-state index contributed by atoms with van der Waals surface area (Å²) in [5.74, 6) is 1.06. The zero-order valence-corrected chi connectivity index (χ0v) is 10.9. The van der Waals surface area contributed by atoms with Crippen LogP contribution in [-0.4, -0.2) is 14.5 Å². The second-order valence-electron chi connectivity index (χ2n) is 4.65. The number of benzene rings is 1. The van der Waals surface area contributed by atoms with E-state index < -0.39 is 0 Å². The molecule has 19 heavy (non-hydrogen) atoms. The molecule has 4 heteroatoms. The molecule has 0 aliphatic heterocycles. The summed E-state index contributed by atoms with van der Waals surface area (Å²) in [6.07, 6.45) is 5.37. The Kier molecular flexibility index (Phi) is 2.91. The Bertz CT molecular complexity index is 715. The number of imidazole rings is 1. The highest BCUT2D eigenvalue weighted by Gasteiger charge is 2.08. The van der Waals surface area contributed by atoms with Crippen molar-refractivity contribution in [3.8, 4) is 0 Å². The van der Waals surface area contributed by atoms with Crippen LogP contribution >= 0.6 is 0 Å². The summed E-state index contributed by atoms with van der Waals surface area (Å²) < 4.78 is 2.12. The number of pyridine rings is 1. The summed E-state index contributed by atoms with van der Waals surface area (Å²) in [5, 5.41) is 0. The Morgan fingerprint density at radius 1 is 1.16 bits per heavy atom. The second kappa shape index (κ2) is 4.72. The lowest BCUT2D eigenvalue weighted by molar-refractivity contribution is 0.787. The van der Waals surface area contributed by atoms with Crippen LogP contribution in [0, 0.1) is 0 Å². The first-order valence-electron chi connectivity index (χ1n) is 6.34. The number of para-hydroxylation sites is 1. The maximum Gasteiger partial charge on any atom is 0.109 e. The van der Waals surface area contributed by atoms with E-state index in [4.69, 9.17) is 5.73 Å². The van der Waals surface area contributed by atoms with Crippen molar-refractivity contribution in [3.05, 3.63) is 54.1 Å². The first-order valence-corrected chi connectivity index (χ1v) is 6.34. The number of hydrogen-bond acceptors (Lipinski definition) is 3. The molecule has 2 aromatic heterocycles. The maximum atomic E-state index is 5.96. The molecule has 2 N–H and O–H groups in total. The highest BCUT2D eigenvalue weighted by atomic mass is 15.1. The van der Waals surface area contributed by atoms with Crippen LogP contribution in [0.25, 0.3) is 11.0 Å². The zero-order valence-electron chi connectivity index (χ0n) is 10.9. The van der Waals surface area contributed by atoms with Crippen LogP contribution in [0.1, 0.15) is 11.4 Å². The molecule has 4 nitrogen and oxygen atoms in total. The van der Waals surface area contributed by atoms with Gasteiger partial charge in [0.2, 0.25) is 0 Å². The number of fused-ring (bicyclic) bond motifs is 1. The average Bonchev–Trinajstić information content (AvgIpc) is 2.75. The van der Waals surface area contributed by atoms with Crippen molar-refractivity contribution in [3.63, 3.8) is 0 Å². The van der Waals surface area contributed by atoms with E-state index >= 15 is 0 Å². The molecule has 0 saturated heterocycles. The lowest BCUT2D eigenvalue weighted by atomic mass is 10.1. The Balaban J connectivity index is 1.86. The Hall–Kier alpha value is -2.36. The number of nitrogens with zero attached hydrogens (tertiary/aromatic N) is 3. The smallest absolute Gasteiger partial charge is 0.109 e.